The number of hydrogen-bond donors (Lipinski definition) is 3. The monoisotopic (exact) mass is 269 g/mol. The first-order valence-electron chi connectivity index (χ1n) is 6.13. The van der Waals surface area contributed by atoms with Gasteiger partial charge in [0, 0.05) is 12.2 Å². The van der Waals surface area contributed by atoms with Gasteiger partial charge in [0.25, 0.3) is 0 Å². The zero-order valence-electron chi connectivity index (χ0n) is 10.2. The van der Waals surface area contributed by atoms with Crippen LogP contribution in [0.25, 0.3) is 0 Å². The summed E-state index contributed by atoms with van der Waals surface area (Å²) in [5.41, 5.74) is 0.924. The second-order valence-corrected chi connectivity index (χ2v) is 6.22. The maximum atomic E-state index is 11.1. The van der Waals surface area contributed by atoms with Crippen molar-refractivity contribution in [3.05, 3.63) is 24.3 Å². The molecule has 0 radical (unpaired) electrons. The molecule has 1 aliphatic heterocycles. The van der Waals surface area contributed by atoms with Gasteiger partial charge in [-0.15, -0.1) is 0 Å². The van der Waals surface area contributed by atoms with Gasteiger partial charge in [-0.25, -0.2) is 13.6 Å². The van der Waals surface area contributed by atoms with Crippen LogP contribution in [0.3, 0.4) is 0 Å². The summed E-state index contributed by atoms with van der Waals surface area (Å²) in [5, 5.41) is 11.7. The second kappa shape index (κ2) is 5.69. The molecule has 1 aromatic rings. The summed E-state index contributed by atoms with van der Waals surface area (Å²) >= 11 is 0. The first-order chi connectivity index (χ1) is 8.55. The van der Waals surface area contributed by atoms with Gasteiger partial charge in [0.2, 0.25) is 10.0 Å². The Bertz CT molecular complexity index is 479. The molecule has 0 aliphatic carbocycles. The number of benzene rings is 1. The van der Waals surface area contributed by atoms with E-state index in [9.17, 15) is 8.42 Å². The Balaban J connectivity index is 1.90. The average Bonchev–Trinajstić information content (AvgIpc) is 2.37. The molecule has 0 spiro atoms. The number of nitrogens with two attached hydrogens (primary N) is 1. The molecular formula is C12H19N3O2S. The smallest absolute Gasteiger partial charge is 0.238 e. The van der Waals surface area contributed by atoms with E-state index in [-0.39, 0.29) is 4.90 Å². The highest BCUT2D eigenvalue weighted by Crippen LogP contribution is 2.15. The predicted octanol–water partition coefficient (Wildman–Crippen LogP) is 0.745. The van der Waals surface area contributed by atoms with Crippen molar-refractivity contribution in [2.24, 2.45) is 11.1 Å². The van der Waals surface area contributed by atoms with Crippen molar-refractivity contribution in [1.29, 1.82) is 0 Å². The van der Waals surface area contributed by atoms with Crippen LogP contribution in [-0.2, 0) is 10.0 Å². The fraction of sp³-hybridized carbons (Fsp3) is 0.500. The standard InChI is InChI=1S/C12H19N3O2S/c13-18(16,17)12-5-3-11(4-6-12)15-9-10-2-1-7-14-8-10/h3-6,10,14-15H,1-2,7-9H2,(H2,13,16,17). The van der Waals surface area contributed by atoms with Crippen molar-refractivity contribution < 1.29 is 8.42 Å². The summed E-state index contributed by atoms with van der Waals surface area (Å²) in [6, 6.07) is 6.54. The van der Waals surface area contributed by atoms with Crippen LogP contribution in [0.15, 0.2) is 29.2 Å². The zero-order chi connectivity index (χ0) is 13.0. The Morgan fingerprint density at radius 2 is 2.06 bits per heavy atom. The number of primary sulfonamides is 1. The summed E-state index contributed by atoms with van der Waals surface area (Å²) in [7, 11) is -3.59. The number of anilines is 1. The van der Waals surface area contributed by atoms with Crippen LogP contribution in [0.5, 0.6) is 0 Å². The van der Waals surface area contributed by atoms with Gasteiger partial charge >= 0.3 is 0 Å². The van der Waals surface area contributed by atoms with Crippen LogP contribution in [0.4, 0.5) is 5.69 Å². The number of hydrogen-bond acceptors (Lipinski definition) is 4. The lowest BCUT2D eigenvalue weighted by Gasteiger charge is -2.23. The quantitative estimate of drug-likeness (QED) is 0.753. The SMILES string of the molecule is NS(=O)(=O)c1ccc(NCC2CCCNC2)cc1. The topological polar surface area (TPSA) is 84.2 Å². The summed E-state index contributed by atoms with van der Waals surface area (Å²) < 4.78 is 22.2. The van der Waals surface area contributed by atoms with Crippen LogP contribution < -0.4 is 15.8 Å². The van der Waals surface area contributed by atoms with E-state index in [1.165, 1.54) is 25.0 Å². The molecule has 100 valence electrons. The lowest BCUT2D eigenvalue weighted by molar-refractivity contribution is 0.393. The van der Waals surface area contributed by atoms with E-state index in [0.29, 0.717) is 5.92 Å². The molecule has 6 heteroatoms. The van der Waals surface area contributed by atoms with E-state index < -0.39 is 10.0 Å². The molecule has 18 heavy (non-hydrogen) atoms. The van der Waals surface area contributed by atoms with Gasteiger partial charge in [-0.3, -0.25) is 0 Å². The van der Waals surface area contributed by atoms with Crippen LogP contribution in [-0.4, -0.2) is 28.1 Å². The summed E-state index contributed by atoms with van der Waals surface area (Å²) in [4.78, 5) is 0.146. The van der Waals surface area contributed by atoms with E-state index in [4.69, 9.17) is 5.14 Å². The van der Waals surface area contributed by atoms with Gasteiger partial charge in [0.1, 0.15) is 0 Å². The Hall–Kier alpha value is -1.11. The number of nitrogens with one attached hydrogen (secondary N) is 2. The molecule has 0 bridgehead atoms. The highest BCUT2D eigenvalue weighted by Gasteiger charge is 2.12. The minimum atomic E-state index is -3.59. The molecule has 1 heterocycles. The van der Waals surface area contributed by atoms with Crippen molar-refractivity contribution in [2.75, 3.05) is 25.0 Å². The lowest BCUT2D eigenvalue weighted by Crippen LogP contribution is -2.33. The molecule has 1 aliphatic rings. The van der Waals surface area contributed by atoms with Gasteiger partial charge in [-0.1, -0.05) is 0 Å². The van der Waals surface area contributed by atoms with Gasteiger partial charge in [0.05, 0.1) is 4.90 Å². The van der Waals surface area contributed by atoms with Crippen molar-refractivity contribution in [3.8, 4) is 0 Å². The highest BCUT2D eigenvalue weighted by molar-refractivity contribution is 7.89. The molecule has 0 saturated carbocycles. The number of sulfonamides is 1. The van der Waals surface area contributed by atoms with Crippen molar-refractivity contribution >= 4 is 15.7 Å². The normalized spacial score (nSPS) is 20.6. The van der Waals surface area contributed by atoms with Crippen LogP contribution >= 0.6 is 0 Å². The highest BCUT2D eigenvalue weighted by atomic mass is 32.2. The summed E-state index contributed by atoms with van der Waals surface area (Å²) in [5.74, 6) is 0.636. The molecule has 0 aromatic heterocycles. The molecule has 5 nitrogen and oxygen atoms in total. The molecule has 1 aromatic carbocycles. The maximum Gasteiger partial charge on any atom is 0.238 e. The Morgan fingerprint density at radius 1 is 1.33 bits per heavy atom. The molecule has 1 fully saturated rings. The molecule has 1 atom stereocenters. The first kappa shape index (κ1) is 13.3. The lowest BCUT2D eigenvalue weighted by atomic mass is 10.00. The third-order valence-corrected chi connectivity index (χ3v) is 4.11. The van der Waals surface area contributed by atoms with E-state index in [2.05, 4.69) is 10.6 Å². The molecule has 4 N–H and O–H groups in total. The Kier molecular flexibility index (Phi) is 4.21. The van der Waals surface area contributed by atoms with Crippen LogP contribution in [0, 0.1) is 5.92 Å². The number of rotatable bonds is 4. The van der Waals surface area contributed by atoms with E-state index >= 15 is 0 Å². The Labute approximate surface area is 108 Å². The van der Waals surface area contributed by atoms with Gasteiger partial charge < -0.3 is 10.6 Å². The Morgan fingerprint density at radius 3 is 2.61 bits per heavy atom. The summed E-state index contributed by atoms with van der Waals surface area (Å²) in [6.07, 6.45) is 2.45. The number of piperidine rings is 1. The third-order valence-electron chi connectivity index (χ3n) is 3.18. The maximum absolute atomic E-state index is 11.1. The zero-order valence-corrected chi connectivity index (χ0v) is 11.0. The predicted molar refractivity (Wildman–Crippen MR) is 71.9 cm³/mol. The molecule has 1 unspecified atom stereocenters. The second-order valence-electron chi connectivity index (χ2n) is 4.66. The summed E-state index contributed by atoms with van der Waals surface area (Å²) in [6.45, 7) is 3.06. The molecular weight excluding hydrogens is 250 g/mol. The van der Waals surface area contributed by atoms with Gasteiger partial charge in [0.15, 0.2) is 0 Å². The fourth-order valence-corrected chi connectivity index (χ4v) is 2.64. The van der Waals surface area contributed by atoms with Gasteiger partial charge in [-0.2, -0.15) is 0 Å². The molecule has 2 rings (SSSR count). The average molecular weight is 269 g/mol. The van der Waals surface area contributed by atoms with E-state index in [1.54, 1.807) is 12.1 Å². The largest absolute Gasteiger partial charge is 0.385 e. The van der Waals surface area contributed by atoms with Crippen LogP contribution in [0.1, 0.15) is 12.8 Å². The van der Waals surface area contributed by atoms with Crippen molar-refractivity contribution in [2.45, 2.75) is 17.7 Å². The molecule has 0 amide bonds. The van der Waals surface area contributed by atoms with Crippen molar-refractivity contribution in [1.82, 2.24) is 5.32 Å². The van der Waals surface area contributed by atoms with E-state index in [0.717, 1.165) is 25.3 Å². The first-order valence-corrected chi connectivity index (χ1v) is 7.68. The van der Waals surface area contributed by atoms with Gasteiger partial charge in [-0.05, 0) is 56.1 Å². The van der Waals surface area contributed by atoms with Crippen molar-refractivity contribution in [3.63, 3.8) is 0 Å². The van der Waals surface area contributed by atoms with Crippen LogP contribution in [0.2, 0.25) is 0 Å². The third kappa shape index (κ3) is 3.69. The van der Waals surface area contributed by atoms with E-state index in [1.807, 2.05) is 0 Å². The minimum Gasteiger partial charge on any atom is -0.385 e. The molecule has 1 saturated heterocycles. The minimum absolute atomic E-state index is 0.146. The fourth-order valence-electron chi connectivity index (χ4n) is 2.12.